The van der Waals surface area contributed by atoms with E-state index in [1.807, 2.05) is 18.2 Å². The van der Waals surface area contributed by atoms with Gasteiger partial charge in [0.05, 0.1) is 6.61 Å². The monoisotopic (exact) mass is 411 g/mol. The van der Waals surface area contributed by atoms with Crippen LogP contribution in [0.15, 0.2) is 59.1 Å². The Kier molecular flexibility index (Phi) is 5.02. The third-order valence-corrected chi connectivity index (χ3v) is 5.34. The lowest BCUT2D eigenvalue weighted by Crippen LogP contribution is -2.02. The van der Waals surface area contributed by atoms with E-state index in [1.165, 1.54) is 12.8 Å². The first kappa shape index (κ1) is 17.2. The van der Waals surface area contributed by atoms with Gasteiger partial charge < -0.3 is 14.5 Å². The standard InChI is InChI=1S/C22H22BrNO2/c1-15-7-10-19(24-15)18-11-20(25-13-16-5-3-2-4-6-16)22(23)21(12-18)26-14-17-8-9-17/h2-7,10-12,17,24H,8-9,13-14H2,1H3. The lowest BCUT2D eigenvalue weighted by molar-refractivity contribution is 0.284. The average molecular weight is 412 g/mol. The Hall–Kier alpha value is -2.20. The number of aryl methyl sites for hydroxylation is 1. The van der Waals surface area contributed by atoms with Crippen LogP contribution < -0.4 is 9.47 Å². The van der Waals surface area contributed by atoms with Gasteiger partial charge in [-0.15, -0.1) is 0 Å². The highest BCUT2D eigenvalue weighted by Gasteiger charge is 2.23. The molecule has 1 aliphatic rings. The highest BCUT2D eigenvalue weighted by Crippen LogP contribution is 2.40. The molecule has 1 saturated carbocycles. The Morgan fingerprint density at radius 3 is 2.38 bits per heavy atom. The van der Waals surface area contributed by atoms with Crippen molar-refractivity contribution in [1.82, 2.24) is 4.98 Å². The molecule has 3 nitrogen and oxygen atoms in total. The topological polar surface area (TPSA) is 34.2 Å². The number of aromatic nitrogens is 1. The number of aromatic amines is 1. The van der Waals surface area contributed by atoms with E-state index >= 15 is 0 Å². The second-order valence-electron chi connectivity index (χ2n) is 6.87. The first-order chi connectivity index (χ1) is 12.7. The molecule has 26 heavy (non-hydrogen) atoms. The van der Waals surface area contributed by atoms with E-state index in [1.54, 1.807) is 0 Å². The van der Waals surface area contributed by atoms with Gasteiger partial charge in [-0.25, -0.2) is 0 Å². The Morgan fingerprint density at radius 2 is 1.73 bits per heavy atom. The summed E-state index contributed by atoms with van der Waals surface area (Å²) in [5.41, 5.74) is 4.40. The Labute approximate surface area is 162 Å². The van der Waals surface area contributed by atoms with Crippen LogP contribution in [0.4, 0.5) is 0 Å². The maximum atomic E-state index is 6.11. The summed E-state index contributed by atoms with van der Waals surface area (Å²) in [5.74, 6) is 2.33. The van der Waals surface area contributed by atoms with Gasteiger partial charge in [-0.1, -0.05) is 30.3 Å². The fourth-order valence-corrected chi connectivity index (χ4v) is 3.30. The number of H-pyrrole nitrogens is 1. The number of benzene rings is 2. The number of halogens is 1. The maximum absolute atomic E-state index is 6.11. The van der Waals surface area contributed by atoms with Crippen LogP contribution in [0.2, 0.25) is 0 Å². The van der Waals surface area contributed by atoms with Gasteiger partial charge >= 0.3 is 0 Å². The molecule has 0 unspecified atom stereocenters. The predicted octanol–water partition coefficient (Wildman–Crippen LogP) is 6.12. The van der Waals surface area contributed by atoms with E-state index in [0.717, 1.165) is 45.1 Å². The number of hydrogen-bond donors (Lipinski definition) is 1. The highest BCUT2D eigenvalue weighted by atomic mass is 79.9. The van der Waals surface area contributed by atoms with Crippen molar-refractivity contribution in [2.45, 2.75) is 26.4 Å². The first-order valence-electron chi connectivity index (χ1n) is 8.98. The zero-order chi connectivity index (χ0) is 17.9. The minimum atomic E-state index is 0.523. The zero-order valence-corrected chi connectivity index (χ0v) is 16.4. The first-order valence-corrected chi connectivity index (χ1v) is 9.77. The van der Waals surface area contributed by atoms with Crippen LogP contribution in [0.3, 0.4) is 0 Å². The van der Waals surface area contributed by atoms with Crippen LogP contribution >= 0.6 is 15.9 Å². The molecule has 3 aromatic rings. The fourth-order valence-electron chi connectivity index (χ4n) is 2.84. The van der Waals surface area contributed by atoms with Gasteiger partial charge in [-0.05, 0) is 71.4 Å². The molecular formula is C22H22BrNO2. The minimum Gasteiger partial charge on any atom is -0.492 e. The summed E-state index contributed by atoms with van der Waals surface area (Å²) in [7, 11) is 0. The number of nitrogens with one attached hydrogen (secondary N) is 1. The van der Waals surface area contributed by atoms with Crippen LogP contribution in [-0.2, 0) is 6.61 Å². The van der Waals surface area contributed by atoms with Gasteiger partial charge in [0, 0.05) is 17.0 Å². The number of rotatable bonds is 7. The molecule has 2 aromatic carbocycles. The number of ether oxygens (including phenoxy) is 2. The maximum Gasteiger partial charge on any atom is 0.138 e. The van der Waals surface area contributed by atoms with E-state index in [9.17, 15) is 0 Å². The molecule has 4 rings (SSSR count). The SMILES string of the molecule is Cc1ccc(-c2cc(OCc3ccccc3)c(Br)c(OCC3CC3)c2)[nH]1. The van der Waals surface area contributed by atoms with Crippen molar-refractivity contribution in [3.05, 3.63) is 70.3 Å². The summed E-state index contributed by atoms with van der Waals surface area (Å²) < 4.78 is 13.1. The van der Waals surface area contributed by atoms with Crippen LogP contribution in [0.25, 0.3) is 11.3 Å². The normalized spacial score (nSPS) is 13.6. The average Bonchev–Trinajstić information content (AvgIpc) is 3.39. The van der Waals surface area contributed by atoms with Crippen molar-refractivity contribution in [3.63, 3.8) is 0 Å². The molecule has 0 atom stereocenters. The van der Waals surface area contributed by atoms with E-state index in [-0.39, 0.29) is 0 Å². The van der Waals surface area contributed by atoms with E-state index in [2.05, 4.69) is 64.2 Å². The minimum absolute atomic E-state index is 0.523. The highest BCUT2D eigenvalue weighted by molar-refractivity contribution is 9.10. The van der Waals surface area contributed by atoms with Crippen molar-refractivity contribution in [2.24, 2.45) is 5.92 Å². The van der Waals surface area contributed by atoms with Gasteiger partial charge in [0.25, 0.3) is 0 Å². The molecule has 4 heteroatoms. The molecule has 1 aromatic heterocycles. The summed E-state index contributed by atoms with van der Waals surface area (Å²) in [6.45, 7) is 3.35. The van der Waals surface area contributed by atoms with Gasteiger partial charge in [0.1, 0.15) is 22.6 Å². The largest absolute Gasteiger partial charge is 0.492 e. The van der Waals surface area contributed by atoms with Crippen LogP contribution in [0, 0.1) is 12.8 Å². The lowest BCUT2D eigenvalue weighted by atomic mass is 10.1. The second-order valence-corrected chi connectivity index (χ2v) is 7.66. The van der Waals surface area contributed by atoms with Gasteiger partial charge in [0.2, 0.25) is 0 Å². The van der Waals surface area contributed by atoms with Gasteiger partial charge in [-0.2, -0.15) is 0 Å². The summed E-state index contributed by atoms with van der Waals surface area (Å²) in [5, 5.41) is 0. The molecule has 0 aliphatic heterocycles. The third kappa shape index (κ3) is 4.13. The Morgan fingerprint density at radius 1 is 1.00 bits per heavy atom. The Bertz CT molecular complexity index is 884. The lowest BCUT2D eigenvalue weighted by Gasteiger charge is -2.15. The van der Waals surface area contributed by atoms with Crippen molar-refractivity contribution in [2.75, 3.05) is 6.61 Å². The molecule has 0 radical (unpaired) electrons. The zero-order valence-electron chi connectivity index (χ0n) is 14.8. The van der Waals surface area contributed by atoms with Crippen molar-refractivity contribution in [1.29, 1.82) is 0 Å². The summed E-state index contributed by atoms with van der Waals surface area (Å²) >= 11 is 3.68. The van der Waals surface area contributed by atoms with Crippen molar-refractivity contribution in [3.8, 4) is 22.8 Å². The molecule has 1 aliphatic carbocycles. The Balaban J connectivity index is 1.62. The van der Waals surface area contributed by atoms with Crippen molar-refractivity contribution >= 4 is 15.9 Å². The van der Waals surface area contributed by atoms with E-state index < -0.39 is 0 Å². The molecule has 134 valence electrons. The van der Waals surface area contributed by atoms with E-state index in [4.69, 9.17) is 9.47 Å². The quantitative estimate of drug-likeness (QED) is 0.507. The molecule has 1 heterocycles. The molecule has 1 N–H and O–H groups in total. The molecule has 0 saturated heterocycles. The number of hydrogen-bond acceptors (Lipinski definition) is 2. The third-order valence-electron chi connectivity index (χ3n) is 4.56. The molecule has 0 bridgehead atoms. The molecule has 0 spiro atoms. The summed E-state index contributed by atoms with van der Waals surface area (Å²) in [4.78, 5) is 3.39. The molecular weight excluding hydrogens is 390 g/mol. The van der Waals surface area contributed by atoms with Gasteiger partial charge in [-0.3, -0.25) is 0 Å². The predicted molar refractivity (Wildman–Crippen MR) is 108 cm³/mol. The molecule has 1 fully saturated rings. The van der Waals surface area contributed by atoms with Crippen molar-refractivity contribution < 1.29 is 9.47 Å². The van der Waals surface area contributed by atoms with Gasteiger partial charge in [0.15, 0.2) is 0 Å². The second kappa shape index (κ2) is 7.58. The summed E-state index contributed by atoms with van der Waals surface area (Å²) in [6.07, 6.45) is 2.54. The van der Waals surface area contributed by atoms with Crippen LogP contribution in [0.5, 0.6) is 11.5 Å². The fraction of sp³-hybridized carbons (Fsp3) is 0.273. The van der Waals surface area contributed by atoms with Crippen LogP contribution in [0.1, 0.15) is 24.1 Å². The molecule has 0 amide bonds. The van der Waals surface area contributed by atoms with E-state index in [0.29, 0.717) is 12.5 Å². The summed E-state index contributed by atoms with van der Waals surface area (Å²) in [6, 6.07) is 18.5. The van der Waals surface area contributed by atoms with Crippen LogP contribution in [-0.4, -0.2) is 11.6 Å². The smallest absolute Gasteiger partial charge is 0.138 e.